The van der Waals surface area contributed by atoms with Gasteiger partial charge in [0, 0.05) is 18.4 Å². The van der Waals surface area contributed by atoms with Crippen molar-refractivity contribution in [2.75, 3.05) is 27.0 Å². The van der Waals surface area contributed by atoms with Gasteiger partial charge >= 0.3 is 0 Å². The van der Waals surface area contributed by atoms with Crippen molar-refractivity contribution in [2.45, 2.75) is 17.9 Å². The number of aryl methyl sites for hydroxylation is 1. The summed E-state index contributed by atoms with van der Waals surface area (Å²) in [5.74, 6) is 0.563. The number of nitrogens with one attached hydrogen (secondary N) is 1. The van der Waals surface area contributed by atoms with E-state index in [9.17, 15) is 13.5 Å². The quantitative estimate of drug-likeness (QED) is 0.824. The number of aliphatic hydroxyl groups excluding tert-OH is 1. The van der Waals surface area contributed by atoms with Gasteiger partial charge in [-0.25, -0.2) is 8.42 Å². The molecule has 0 aromatic heterocycles. The Morgan fingerprint density at radius 3 is 2.50 bits per heavy atom. The van der Waals surface area contributed by atoms with Crippen LogP contribution in [0.4, 0.5) is 0 Å². The fourth-order valence-electron chi connectivity index (χ4n) is 1.78. The van der Waals surface area contributed by atoms with E-state index in [1.165, 1.54) is 13.2 Å². The van der Waals surface area contributed by atoms with Gasteiger partial charge in [0.2, 0.25) is 0 Å². The molecule has 0 aliphatic rings. The van der Waals surface area contributed by atoms with Crippen LogP contribution in [0.15, 0.2) is 17.0 Å². The summed E-state index contributed by atoms with van der Waals surface area (Å²) < 4.78 is 28.6. The van der Waals surface area contributed by atoms with E-state index in [1.807, 2.05) is 0 Å². The van der Waals surface area contributed by atoms with Gasteiger partial charge in [-0.2, -0.15) is 0 Å². The number of ether oxygens (including phenoxy) is 1. The Balaban J connectivity index is 3.44. The van der Waals surface area contributed by atoms with Gasteiger partial charge in [-0.3, -0.25) is 0 Å². The van der Waals surface area contributed by atoms with Crippen LogP contribution in [0.3, 0.4) is 0 Å². The van der Waals surface area contributed by atoms with Crippen molar-refractivity contribution < 1.29 is 18.3 Å². The van der Waals surface area contributed by atoms with E-state index in [0.717, 1.165) is 11.8 Å². The summed E-state index contributed by atoms with van der Waals surface area (Å²) in [6.07, 6.45) is 0.235. The second-order valence-corrected chi connectivity index (χ2v) is 6.19. The van der Waals surface area contributed by atoms with Gasteiger partial charge < -0.3 is 15.2 Å². The summed E-state index contributed by atoms with van der Waals surface area (Å²) in [4.78, 5) is 0.142. The molecule has 0 aliphatic carbocycles. The van der Waals surface area contributed by atoms with Crippen molar-refractivity contribution in [3.8, 4) is 5.75 Å². The zero-order valence-electron chi connectivity index (χ0n) is 11.0. The summed E-state index contributed by atoms with van der Waals surface area (Å²) in [7, 11) is -0.188. The molecule has 1 rings (SSSR count). The maximum absolute atomic E-state index is 11.7. The molecule has 18 heavy (non-hydrogen) atoms. The van der Waals surface area contributed by atoms with Gasteiger partial charge in [0.05, 0.1) is 18.1 Å². The topological polar surface area (TPSA) is 75.6 Å². The summed E-state index contributed by atoms with van der Waals surface area (Å²) in [6, 6.07) is 3.11. The molecule has 0 saturated carbocycles. The Morgan fingerprint density at radius 2 is 2.06 bits per heavy atom. The minimum atomic E-state index is -3.39. The van der Waals surface area contributed by atoms with Gasteiger partial charge in [0.25, 0.3) is 0 Å². The van der Waals surface area contributed by atoms with Crippen LogP contribution < -0.4 is 10.1 Å². The van der Waals surface area contributed by atoms with Crippen LogP contribution >= 0.6 is 0 Å². The molecule has 5 nitrogen and oxygen atoms in total. The summed E-state index contributed by atoms with van der Waals surface area (Å²) >= 11 is 0. The van der Waals surface area contributed by atoms with E-state index in [4.69, 9.17) is 4.74 Å². The lowest BCUT2D eigenvalue weighted by Gasteiger charge is -2.17. The van der Waals surface area contributed by atoms with Crippen LogP contribution in [0, 0.1) is 6.92 Å². The average Bonchev–Trinajstić information content (AvgIpc) is 2.27. The summed E-state index contributed by atoms with van der Waals surface area (Å²) in [5.41, 5.74) is 1.08. The Labute approximate surface area is 108 Å². The Bertz CT molecular complexity index is 525. The molecule has 0 amide bonds. The Hall–Kier alpha value is -1.11. The largest absolute Gasteiger partial charge is 0.496 e. The molecule has 1 unspecified atom stereocenters. The molecule has 0 fully saturated rings. The van der Waals surface area contributed by atoms with E-state index >= 15 is 0 Å². The van der Waals surface area contributed by atoms with Crippen molar-refractivity contribution in [1.82, 2.24) is 5.32 Å². The number of hydrogen-bond acceptors (Lipinski definition) is 5. The first-order valence-corrected chi connectivity index (χ1v) is 7.41. The molecule has 0 radical (unpaired) electrons. The molecular weight excluding hydrogens is 254 g/mol. The smallest absolute Gasteiger partial charge is 0.175 e. The lowest BCUT2D eigenvalue weighted by Crippen LogP contribution is -2.19. The fraction of sp³-hybridized carbons (Fsp3) is 0.500. The highest BCUT2D eigenvalue weighted by Crippen LogP contribution is 2.30. The Kier molecular flexibility index (Phi) is 4.72. The van der Waals surface area contributed by atoms with Crippen LogP contribution in [0.1, 0.15) is 17.2 Å². The number of sulfone groups is 1. The standard InChI is InChI=1S/C12H19NO4S/c1-8-5-12(18(4,15)16)9(6-11(8)17-3)10(14)7-13-2/h5-6,10,13-14H,7H2,1-4H3. The lowest BCUT2D eigenvalue weighted by molar-refractivity contribution is 0.174. The number of methoxy groups -OCH3 is 1. The van der Waals surface area contributed by atoms with Crippen LogP contribution in [0.2, 0.25) is 0 Å². The molecule has 1 aromatic rings. The van der Waals surface area contributed by atoms with Gasteiger partial charge in [-0.15, -0.1) is 0 Å². The van der Waals surface area contributed by atoms with E-state index in [1.54, 1.807) is 20.0 Å². The molecule has 0 saturated heterocycles. The van der Waals surface area contributed by atoms with Gasteiger partial charge in [-0.05, 0) is 31.7 Å². The average molecular weight is 273 g/mol. The maximum atomic E-state index is 11.7. The van der Waals surface area contributed by atoms with Gasteiger partial charge in [-0.1, -0.05) is 0 Å². The van der Waals surface area contributed by atoms with Crippen LogP contribution in [0.5, 0.6) is 5.75 Å². The molecule has 1 aromatic carbocycles. The second-order valence-electron chi connectivity index (χ2n) is 4.21. The summed E-state index contributed by atoms with van der Waals surface area (Å²) in [6.45, 7) is 2.04. The molecule has 0 spiro atoms. The van der Waals surface area contributed by atoms with Crippen molar-refractivity contribution in [3.63, 3.8) is 0 Å². The van der Waals surface area contributed by atoms with Crippen LogP contribution in [-0.4, -0.2) is 40.5 Å². The highest BCUT2D eigenvalue weighted by atomic mass is 32.2. The summed E-state index contributed by atoms with van der Waals surface area (Å²) in [5, 5.41) is 12.8. The minimum absolute atomic E-state index is 0.142. The molecule has 6 heteroatoms. The number of likely N-dealkylation sites (N-methyl/N-ethyl adjacent to an activating group) is 1. The van der Waals surface area contributed by atoms with E-state index in [-0.39, 0.29) is 11.4 Å². The normalized spacial score (nSPS) is 13.4. The third-order valence-electron chi connectivity index (χ3n) is 2.68. The maximum Gasteiger partial charge on any atom is 0.175 e. The van der Waals surface area contributed by atoms with Crippen LogP contribution in [-0.2, 0) is 9.84 Å². The zero-order chi connectivity index (χ0) is 13.9. The predicted octanol–water partition coefficient (Wildman–Crippen LogP) is 0.660. The Morgan fingerprint density at radius 1 is 1.44 bits per heavy atom. The van der Waals surface area contributed by atoms with Crippen molar-refractivity contribution in [2.24, 2.45) is 0 Å². The highest BCUT2D eigenvalue weighted by molar-refractivity contribution is 7.90. The number of aliphatic hydroxyl groups is 1. The third-order valence-corrected chi connectivity index (χ3v) is 3.84. The second kappa shape index (κ2) is 5.69. The molecular formula is C12H19NO4S. The first kappa shape index (κ1) is 14.9. The van der Waals surface area contributed by atoms with Crippen molar-refractivity contribution in [3.05, 3.63) is 23.3 Å². The van der Waals surface area contributed by atoms with Gasteiger partial charge in [0.1, 0.15) is 5.75 Å². The van der Waals surface area contributed by atoms with Gasteiger partial charge in [0.15, 0.2) is 9.84 Å². The number of rotatable bonds is 5. The molecule has 0 heterocycles. The number of hydrogen-bond donors (Lipinski definition) is 2. The minimum Gasteiger partial charge on any atom is -0.496 e. The fourth-order valence-corrected chi connectivity index (χ4v) is 2.80. The molecule has 0 aliphatic heterocycles. The molecule has 1 atom stereocenters. The first-order valence-electron chi connectivity index (χ1n) is 5.52. The first-order chi connectivity index (χ1) is 8.31. The zero-order valence-corrected chi connectivity index (χ0v) is 11.8. The monoisotopic (exact) mass is 273 g/mol. The highest BCUT2D eigenvalue weighted by Gasteiger charge is 2.21. The molecule has 0 bridgehead atoms. The van der Waals surface area contributed by atoms with E-state index in [0.29, 0.717) is 11.3 Å². The molecule has 2 N–H and O–H groups in total. The third kappa shape index (κ3) is 3.22. The van der Waals surface area contributed by atoms with Crippen molar-refractivity contribution in [1.29, 1.82) is 0 Å². The predicted molar refractivity (Wildman–Crippen MR) is 69.7 cm³/mol. The number of benzene rings is 1. The van der Waals surface area contributed by atoms with Crippen molar-refractivity contribution >= 4 is 9.84 Å². The molecule has 102 valence electrons. The lowest BCUT2D eigenvalue weighted by atomic mass is 10.1. The van der Waals surface area contributed by atoms with E-state index in [2.05, 4.69) is 5.32 Å². The SMILES string of the molecule is CNCC(O)c1cc(OC)c(C)cc1S(C)(=O)=O. The van der Waals surface area contributed by atoms with Crippen LogP contribution in [0.25, 0.3) is 0 Å². The van der Waals surface area contributed by atoms with E-state index < -0.39 is 15.9 Å².